The van der Waals surface area contributed by atoms with Crippen LogP contribution in [0.4, 0.5) is 10.1 Å². The Labute approximate surface area is 121 Å². The minimum atomic E-state index is -0.805. The average molecular weight is 300 g/mol. The summed E-state index contributed by atoms with van der Waals surface area (Å²) >= 11 is 0. The van der Waals surface area contributed by atoms with Gasteiger partial charge < -0.3 is 19.5 Å². The van der Waals surface area contributed by atoms with Crippen LogP contribution in [0.2, 0.25) is 0 Å². The molecule has 7 nitrogen and oxygen atoms in total. The summed E-state index contributed by atoms with van der Waals surface area (Å²) < 4.78 is 29.4. The van der Waals surface area contributed by atoms with E-state index in [1.807, 2.05) is 6.92 Å². The van der Waals surface area contributed by atoms with Crippen molar-refractivity contribution >= 4 is 5.69 Å². The number of hydrogen-bond donors (Lipinski definition) is 1. The van der Waals surface area contributed by atoms with Crippen molar-refractivity contribution in [1.29, 1.82) is 0 Å². The number of rotatable bonds is 5. The topological polar surface area (TPSA) is 82.9 Å². The summed E-state index contributed by atoms with van der Waals surface area (Å²) in [6, 6.07) is 1.96. The van der Waals surface area contributed by atoms with Crippen molar-refractivity contribution in [2.24, 2.45) is 0 Å². The highest BCUT2D eigenvalue weighted by molar-refractivity contribution is 5.51. The molecule has 116 valence electrons. The molecular formula is C13H17FN2O5. The van der Waals surface area contributed by atoms with Gasteiger partial charge in [-0.15, -0.1) is 0 Å². The highest BCUT2D eigenvalue weighted by atomic mass is 19.1. The van der Waals surface area contributed by atoms with E-state index in [0.29, 0.717) is 6.54 Å². The van der Waals surface area contributed by atoms with Gasteiger partial charge in [-0.25, -0.2) is 4.39 Å². The van der Waals surface area contributed by atoms with Crippen LogP contribution in [-0.4, -0.2) is 43.9 Å². The Kier molecular flexibility index (Phi) is 4.92. The van der Waals surface area contributed by atoms with Crippen molar-refractivity contribution in [2.75, 3.05) is 26.8 Å². The molecule has 1 aliphatic heterocycles. The van der Waals surface area contributed by atoms with Crippen molar-refractivity contribution in [3.63, 3.8) is 0 Å². The van der Waals surface area contributed by atoms with E-state index < -0.39 is 16.4 Å². The van der Waals surface area contributed by atoms with Gasteiger partial charge in [0.1, 0.15) is 12.7 Å². The van der Waals surface area contributed by atoms with Gasteiger partial charge in [0.15, 0.2) is 11.6 Å². The van der Waals surface area contributed by atoms with Crippen LogP contribution in [-0.2, 0) is 4.74 Å². The van der Waals surface area contributed by atoms with E-state index in [1.165, 1.54) is 13.2 Å². The molecule has 1 heterocycles. The van der Waals surface area contributed by atoms with E-state index in [0.717, 1.165) is 12.6 Å². The first-order valence-electron chi connectivity index (χ1n) is 6.52. The van der Waals surface area contributed by atoms with E-state index in [9.17, 15) is 14.5 Å². The van der Waals surface area contributed by atoms with Crippen molar-refractivity contribution in [3.05, 3.63) is 28.1 Å². The fourth-order valence-electron chi connectivity index (χ4n) is 2.09. The molecule has 1 aromatic carbocycles. The number of ether oxygens (including phenoxy) is 3. The second-order valence-electron chi connectivity index (χ2n) is 4.75. The van der Waals surface area contributed by atoms with E-state index in [2.05, 4.69) is 5.32 Å². The highest BCUT2D eigenvalue weighted by Crippen LogP contribution is 2.33. The molecule has 1 N–H and O–H groups in total. The number of benzene rings is 1. The van der Waals surface area contributed by atoms with Gasteiger partial charge in [-0.1, -0.05) is 0 Å². The zero-order valence-corrected chi connectivity index (χ0v) is 11.8. The molecule has 2 rings (SSSR count). The van der Waals surface area contributed by atoms with Crippen LogP contribution < -0.4 is 14.8 Å². The lowest BCUT2D eigenvalue weighted by Gasteiger charge is -2.28. The summed E-state index contributed by atoms with van der Waals surface area (Å²) in [7, 11) is 1.28. The van der Waals surface area contributed by atoms with Gasteiger partial charge >= 0.3 is 5.69 Å². The van der Waals surface area contributed by atoms with Gasteiger partial charge in [0.25, 0.3) is 0 Å². The maximum atomic E-state index is 13.5. The molecule has 0 saturated carbocycles. The van der Waals surface area contributed by atoms with Crippen molar-refractivity contribution < 1.29 is 23.5 Å². The van der Waals surface area contributed by atoms with Gasteiger partial charge in [-0.3, -0.25) is 10.1 Å². The van der Waals surface area contributed by atoms with Crippen LogP contribution >= 0.6 is 0 Å². The predicted molar refractivity (Wildman–Crippen MR) is 72.3 cm³/mol. The van der Waals surface area contributed by atoms with Crippen molar-refractivity contribution in [3.8, 4) is 11.5 Å². The van der Waals surface area contributed by atoms with E-state index >= 15 is 0 Å². The lowest BCUT2D eigenvalue weighted by atomic mass is 10.2. The standard InChI is InChI=1S/C13H17FN2O5/c1-8-5-15-6-9(21-8)7-20-13-4-12(19-2)10(14)3-11(13)16(17)18/h3-4,8-9,15H,5-7H2,1-2H3. The SMILES string of the molecule is COc1cc(OCC2CNCC(C)O2)c([N+](=O)[O-])cc1F. The molecule has 0 radical (unpaired) electrons. The monoisotopic (exact) mass is 300 g/mol. The molecule has 21 heavy (non-hydrogen) atoms. The first-order chi connectivity index (χ1) is 10.0. The minimum absolute atomic E-state index is 0.0416. The molecule has 2 unspecified atom stereocenters. The number of nitro groups is 1. The Balaban J connectivity index is 2.12. The van der Waals surface area contributed by atoms with Crippen molar-refractivity contribution in [1.82, 2.24) is 5.32 Å². The Morgan fingerprint density at radius 3 is 2.86 bits per heavy atom. The molecule has 0 aromatic heterocycles. The Hall–Kier alpha value is -1.93. The van der Waals surface area contributed by atoms with Crippen LogP contribution in [0.1, 0.15) is 6.92 Å². The van der Waals surface area contributed by atoms with Crippen LogP contribution in [0, 0.1) is 15.9 Å². The van der Waals surface area contributed by atoms with E-state index in [4.69, 9.17) is 14.2 Å². The molecule has 1 fully saturated rings. The Morgan fingerprint density at radius 1 is 1.48 bits per heavy atom. The number of methoxy groups -OCH3 is 1. The van der Waals surface area contributed by atoms with Crippen LogP contribution in [0.25, 0.3) is 0 Å². The number of morpholine rings is 1. The molecule has 0 bridgehead atoms. The van der Waals surface area contributed by atoms with Gasteiger partial charge in [0.2, 0.25) is 5.75 Å². The summed E-state index contributed by atoms with van der Waals surface area (Å²) in [6.07, 6.45) is -0.172. The lowest BCUT2D eigenvalue weighted by molar-refractivity contribution is -0.386. The molecule has 0 amide bonds. The van der Waals surface area contributed by atoms with Gasteiger partial charge in [-0.2, -0.15) is 0 Å². The zero-order chi connectivity index (χ0) is 15.4. The third-order valence-electron chi connectivity index (χ3n) is 3.08. The third-order valence-corrected chi connectivity index (χ3v) is 3.08. The number of nitrogens with zero attached hydrogens (tertiary/aromatic N) is 1. The molecule has 1 aliphatic rings. The number of halogens is 1. The third kappa shape index (κ3) is 3.79. The maximum Gasteiger partial charge on any atom is 0.314 e. The second-order valence-corrected chi connectivity index (χ2v) is 4.75. The van der Waals surface area contributed by atoms with Crippen LogP contribution in [0.3, 0.4) is 0 Å². The molecular weight excluding hydrogens is 283 g/mol. The lowest BCUT2D eigenvalue weighted by Crippen LogP contribution is -2.45. The summed E-state index contributed by atoms with van der Waals surface area (Å²) in [4.78, 5) is 10.3. The quantitative estimate of drug-likeness (QED) is 0.655. The number of nitrogens with one attached hydrogen (secondary N) is 1. The first kappa shape index (κ1) is 15.5. The molecule has 8 heteroatoms. The van der Waals surface area contributed by atoms with E-state index in [1.54, 1.807) is 0 Å². The molecule has 1 saturated heterocycles. The molecule has 0 spiro atoms. The summed E-state index contributed by atoms with van der Waals surface area (Å²) in [6.45, 7) is 3.40. The second kappa shape index (κ2) is 6.68. The minimum Gasteiger partial charge on any atom is -0.494 e. The normalized spacial score (nSPS) is 21.9. The summed E-state index contributed by atoms with van der Waals surface area (Å²) in [5, 5.41) is 14.1. The molecule has 2 atom stereocenters. The number of nitro benzene ring substituents is 1. The Morgan fingerprint density at radius 2 is 2.24 bits per heavy atom. The summed E-state index contributed by atoms with van der Waals surface area (Å²) in [5.74, 6) is -0.951. The zero-order valence-electron chi connectivity index (χ0n) is 11.8. The van der Waals surface area contributed by atoms with Crippen LogP contribution in [0.5, 0.6) is 11.5 Å². The molecule has 1 aromatic rings. The fourth-order valence-corrected chi connectivity index (χ4v) is 2.09. The molecule has 0 aliphatic carbocycles. The number of hydrogen-bond acceptors (Lipinski definition) is 6. The van der Waals surface area contributed by atoms with Gasteiger partial charge in [-0.05, 0) is 6.92 Å². The van der Waals surface area contributed by atoms with Gasteiger partial charge in [0.05, 0.1) is 24.2 Å². The van der Waals surface area contributed by atoms with Gasteiger partial charge in [0, 0.05) is 19.2 Å². The van der Waals surface area contributed by atoms with Crippen molar-refractivity contribution in [2.45, 2.75) is 19.1 Å². The maximum absolute atomic E-state index is 13.5. The largest absolute Gasteiger partial charge is 0.494 e. The predicted octanol–water partition coefficient (Wildman–Crippen LogP) is 1.50. The van der Waals surface area contributed by atoms with Crippen LogP contribution in [0.15, 0.2) is 12.1 Å². The smallest absolute Gasteiger partial charge is 0.314 e. The average Bonchev–Trinajstić information content (AvgIpc) is 2.45. The summed E-state index contributed by atoms with van der Waals surface area (Å²) in [5.41, 5.74) is -0.440. The first-order valence-corrected chi connectivity index (χ1v) is 6.52. The highest BCUT2D eigenvalue weighted by Gasteiger charge is 2.24. The van der Waals surface area contributed by atoms with E-state index in [-0.39, 0.29) is 30.3 Å². The Bertz CT molecular complexity index is 526. The fraction of sp³-hybridized carbons (Fsp3) is 0.538.